The molecular weight excluding hydrogens is 821 g/mol. The molecule has 63 heavy (non-hydrogen) atoms. The van der Waals surface area contributed by atoms with Crippen molar-refractivity contribution in [2.75, 3.05) is 4.90 Å². The zero-order chi connectivity index (χ0) is 44.7. The van der Waals surface area contributed by atoms with Crippen LogP contribution in [0.1, 0.15) is 136 Å². The fraction of sp³-hybridized carbons (Fsp3) is 0.462. The lowest BCUT2D eigenvalue weighted by molar-refractivity contribution is -0.132. The minimum absolute atomic E-state index is 0.305. The van der Waals surface area contributed by atoms with Gasteiger partial charge in [0.05, 0.1) is 22.1 Å². The molecule has 0 spiro atoms. The highest BCUT2D eigenvalue weighted by Gasteiger charge is 2.20. The van der Waals surface area contributed by atoms with Crippen molar-refractivity contribution in [2.24, 2.45) is 0 Å². The van der Waals surface area contributed by atoms with Crippen LogP contribution in [-0.2, 0) is 31.0 Å². The van der Waals surface area contributed by atoms with Gasteiger partial charge in [-0.05, 0) is 123 Å². The second-order valence-corrected chi connectivity index (χ2v) is 17.5. The number of benzene rings is 3. The normalized spacial score (nSPS) is 11.8. The van der Waals surface area contributed by atoms with Crippen molar-refractivity contribution in [1.29, 1.82) is 5.26 Å². The van der Waals surface area contributed by atoms with Crippen molar-refractivity contribution >= 4 is 75.6 Å². The Labute approximate surface area is 384 Å². The average molecular weight is 887 g/mol. The van der Waals surface area contributed by atoms with E-state index in [-0.39, 0.29) is 5.57 Å². The van der Waals surface area contributed by atoms with Gasteiger partial charge in [0.2, 0.25) is 0 Å². The van der Waals surface area contributed by atoms with Gasteiger partial charge in [0, 0.05) is 54.9 Å². The van der Waals surface area contributed by atoms with E-state index in [9.17, 15) is 15.2 Å². The van der Waals surface area contributed by atoms with Crippen molar-refractivity contribution in [2.45, 2.75) is 157 Å². The van der Waals surface area contributed by atoms with Crippen molar-refractivity contribution in [3.8, 4) is 17.4 Å². The smallest absolute Gasteiger partial charge is 0.346 e. The number of aryl methyl sites for hydroxylation is 4. The van der Waals surface area contributed by atoms with Gasteiger partial charge in [-0.3, -0.25) is 0 Å². The molecule has 3 aromatic heterocycles. The quantitative estimate of drug-likeness (QED) is 0.0251. The lowest BCUT2D eigenvalue weighted by Crippen LogP contribution is -2.10. The topological polar surface area (TPSA) is 97.2 Å². The zero-order valence-electron chi connectivity index (χ0n) is 37.9. The Kier molecular flexibility index (Phi) is 17.6. The number of imidazole rings is 2. The van der Waals surface area contributed by atoms with E-state index in [1.54, 1.807) is 18.2 Å². The number of nitriles is 1. The maximum Gasteiger partial charge on any atom is 0.346 e. The second kappa shape index (κ2) is 23.5. The van der Waals surface area contributed by atoms with Crippen LogP contribution in [0.25, 0.3) is 39.5 Å². The Morgan fingerprint density at radius 1 is 0.587 bits per heavy atom. The first-order chi connectivity index (χ1) is 30.7. The molecule has 0 fully saturated rings. The van der Waals surface area contributed by atoms with E-state index in [2.05, 4.69) is 99.4 Å². The average Bonchev–Trinajstić information content (AvgIpc) is 3.95. The number of hydrogen-bond donors (Lipinski definition) is 1. The fourth-order valence-electron chi connectivity index (χ4n) is 8.64. The second-order valence-electron chi connectivity index (χ2n) is 16.8. The molecule has 6 aromatic rings. The molecule has 11 heteroatoms. The Hall–Kier alpha value is -5.18. The van der Waals surface area contributed by atoms with E-state index in [0.717, 1.165) is 95.1 Å². The van der Waals surface area contributed by atoms with Crippen LogP contribution < -0.4 is 4.90 Å². The van der Waals surface area contributed by atoms with E-state index in [1.807, 2.05) is 12.1 Å². The minimum atomic E-state index is -1.29. The fourth-order valence-corrected chi connectivity index (χ4v) is 9.40. The van der Waals surface area contributed by atoms with Crippen LogP contribution in [0.2, 0.25) is 0 Å². The number of anilines is 3. The number of furan rings is 1. The molecule has 0 radical (unpaired) electrons. The van der Waals surface area contributed by atoms with Gasteiger partial charge in [-0.1, -0.05) is 105 Å². The SMILES string of the molecule is CCCCCCn1c(=S)n(CCCCCC)c2cc(N(c3ccc(-c4ccc(/C=C(\C#N)C(=O)O)o4)cc3)c3ccc4c(c3)n(CCCCCC)c(=S)n4CCCCCC)ccc21. The van der Waals surface area contributed by atoms with E-state index >= 15 is 0 Å². The number of nitrogens with zero attached hydrogens (tertiary/aromatic N) is 6. The van der Waals surface area contributed by atoms with E-state index in [1.165, 1.54) is 94.2 Å². The van der Waals surface area contributed by atoms with Gasteiger partial charge < -0.3 is 32.7 Å². The molecule has 334 valence electrons. The summed E-state index contributed by atoms with van der Waals surface area (Å²) in [6, 6.07) is 27.1. The summed E-state index contributed by atoms with van der Waals surface area (Å²) >= 11 is 12.5. The van der Waals surface area contributed by atoms with Crippen LogP contribution in [0.5, 0.6) is 0 Å². The van der Waals surface area contributed by atoms with Crippen molar-refractivity contribution in [3.05, 3.63) is 93.7 Å². The summed E-state index contributed by atoms with van der Waals surface area (Å²) in [4.78, 5) is 13.8. The summed E-state index contributed by atoms with van der Waals surface area (Å²) in [6.45, 7) is 12.6. The highest BCUT2D eigenvalue weighted by atomic mass is 32.1. The predicted octanol–water partition coefficient (Wildman–Crippen LogP) is 15.7. The maximum atomic E-state index is 11.5. The summed E-state index contributed by atoms with van der Waals surface area (Å²) < 4.78 is 17.3. The largest absolute Gasteiger partial charge is 0.477 e. The highest BCUT2D eigenvalue weighted by Crippen LogP contribution is 2.39. The molecule has 0 saturated carbocycles. The Morgan fingerprint density at radius 3 is 1.40 bits per heavy atom. The first kappa shape index (κ1) is 47.3. The van der Waals surface area contributed by atoms with E-state index in [4.69, 9.17) is 28.9 Å². The van der Waals surface area contributed by atoms with Gasteiger partial charge in [0.25, 0.3) is 0 Å². The molecule has 0 saturated heterocycles. The highest BCUT2D eigenvalue weighted by molar-refractivity contribution is 7.71. The molecule has 3 heterocycles. The van der Waals surface area contributed by atoms with Gasteiger partial charge in [-0.15, -0.1) is 0 Å². The lowest BCUT2D eigenvalue weighted by Gasteiger charge is -2.26. The number of unbranched alkanes of at least 4 members (excludes halogenated alkanes) is 12. The summed E-state index contributed by atoms with van der Waals surface area (Å²) in [6.07, 6.45) is 20.0. The Bertz CT molecular complexity index is 2510. The summed E-state index contributed by atoms with van der Waals surface area (Å²) in [7, 11) is 0. The molecule has 0 aliphatic heterocycles. The first-order valence-electron chi connectivity index (χ1n) is 23.6. The molecular formula is C52H66N6O3S2. The third kappa shape index (κ3) is 11.5. The standard InChI is InChI=1S/C52H66N6O3S2/c1-5-9-13-17-31-54-45-28-25-42(36-47(45)56(51(54)62)33-19-15-11-7-3)58(41-23-21-39(22-24-41)49-30-27-44(61-49)35-40(38-53)50(59)60)43-26-29-46-48(37-43)57(34-20-16-12-8-4)52(63)55(46)32-18-14-10-6-2/h21-30,35-37H,5-20,31-34H2,1-4H3,(H,59,60)/b40-35+. The molecule has 0 aliphatic rings. The number of fused-ring (bicyclic) bond motifs is 2. The molecule has 1 N–H and O–H groups in total. The third-order valence-corrected chi connectivity index (χ3v) is 13.0. The van der Waals surface area contributed by atoms with E-state index in [0.29, 0.717) is 11.5 Å². The lowest BCUT2D eigenvalue weighted by atomic mass is 10.1. The first-order valence-corrected chi connectivity index (χ1v) is 24.4. The molecule has 0 aliphatic carbocycles. The molecule has 9 nitrogen and oxygen atoms in total. The molecule has 0 amide bonds. The summed E-state index contributed by atoms with van der Waals surface area (Å²) in [5, 5.41) is 18.7. The van der Waals surface area contributed by atoms with Gasteiger partial charge in [-0.25, -0.2) is 4.79 Å². The van der Waals surface area contributed by atoms with E-state index < -0.39 is 5.97 Å². The van der Waals surface area contributed by atoms with Crippen molar-refractivity contribution < 1.29 is 14.3 Å². The third-order valence-electron chi connectivity index (χ3n) is 12.1. The van der Waals surface area contributed by atoms with Crippen LogP contribution >= 0.6 is 24.4 Å². The zero-order valence-corrected chi connectivity index (χ0v) is 39.5. The van der Waals surface area contributed by atoms with Crippen LogP contribution in [0.15, 0.2) is 82.8 Å². The predicted molar refractivity (Wildman–Crippen MR) is 265 cm³/mol. The number of aromatic nitrogens is 4. The number of carbonyl (C=O) groups is 1. The van der Waals surface area contributed by atoms with Gasteiger partial charge in [0.15, 0.2) is 9.54 Å². The van der Waals surface area contributed by atoms with Crippen LogP contribution in [0.3, 0.4) is 0 Å². The van der Waals surface area contributed by atoms with Gasteiger partial charge in [0.1, 0.15) is 23.2 Å². The molecule has 0 bridgehead atoms. The number of rotatable bonds is 26. The van der Waals surface area contributed by atoms with Gasteiger partial charge in [-0.2, -0.15) is 5.26 Å². The number of hydrogen-bond acceptors (Lipinski definition) is 6. The number of carboxylic acid groups (broad SMARTS) is 1. The van der Waals surface area contributed by atoms with Gasteiger partial charge >= 0.3 is 5.97 Å². The van der Waals surface area contributed by atoms with Crippen LogP contribution in [0, 0.1) is 20.9 Å². The molecule has 6 rings (SSSR count). The molecule has 0 unspecified atom stereocenters. The summed E-state index contributed by atoms with van der Waals surface area (Å²) in [5.41, 5.74) is 8.14. The monoisotopic (exact) mass is 886 g/mol. The molecule has 3 aromatic carbocycles. The van der Waals surface area contributed by atoms with Crippen molar-refractivity contribution in [3.63, 3.8) is 0 Å². The minimum Gasteiger partial charge on any atom is -0.477 e. The van der Waals surface area contributed by atoms with Crippen molar-refractivity contribution in [1.82, 2.24) is 18.3 Å². The molecule has 0 atom stereocenters. The van der Waals surface area contributed by atoms with Crippen LogP contribution in [0.4, 0.5) is 17.1 Å². The number of aliphatic carboxylic acids is 1. The Balaban J connectivity index is 1.49. The maximum absolute atomic E-state index is 11.5. The number of carboxylic acids is 1. The summed E-state index contributed by atoms with van der Waals surface area (Å²) in [5.74, 6) is -0.408. The van der Waals surface area contributed by atoms with Crippen LogP contribution in [-0.4, -0.2) is 29.3 Å². The Morgan fingerprint density at radius 2 is 1.00 bits per heavy atom.